The highest BCUT2D eigenvalue weighted by atomic mass is 35.5. The van der Waals surface area contributed by atoms with Gasteiger partial charge in [0.05, 0.1) is 11.6 Å². The van der Waals surface area contributed by atoms with Gasteiger partial charge in [-0.2, -0.15) is 0 Å². The van der Waals surface area contributed by atoms with E-state index >= 15 is 0 Å². The number of alkyl carbamates (subject to hydrolysis) is 1. The molecule has 0 aliphatic heterocycles. The van der Waals surface area contributed by atoms with Crippen molar-refractivity contribution in [1.29, 1.82) is 0 Å². The third kappa shape index (κ3) is 6.87. The highest BCUT2D eigenvalue weighted by Gasteiger charge is 2.15. The van der Waals surface area contributed by atoms with Gasteiger partial charge in [0.2, 0.25) is 0 Å². The van der Waals surface area contributed by atoms with Gasteiger partial charge in [-0.15, -0.1) is 0 Å². The molecule has 6 heteroatoms. The summed E-state index contributed by atoms with van der Waals surface area (Å²) in [5.74, 6) is 0.577. The van der Waals surface area contributed by atoms with Gasteiger partial charge in [0.1, 0.15) is 11.4 Å². The average molecular weight is 320 g/mol. The highest BCUT2D eigenvalue weighted by molar-refractivity contribution is 6.35. The second-order valence-electron chi connectivity index (χ2n) is 5.21. The van der Waals surface area contributed by atoms with Gasteiger partial charge >= 0.3 is 6.09 Å². The first-order valence-corrected chi connectivity index (χ1v) is 7.08. The van der Waals surface area contributed by atoms with Crippen LogP contribution in [0.2, 0.25) is 10.0 Å². The number of hydrogen-bond acceptors (Lipinski definition) is 3. The van der Waals surface area contributed by atoms with E-state index in [4.69, 9.17) is 32.7 Å². The maximum Gasteiger partial charge on any atom is 0.407 e. The molecule has 4 nitrogen and oxygen atoms in total. The molecule has 0 saturated heterocycles. The monoisotopic (exact) mass is 319 g/mol. The molecule has 0 atom stereocenters. The van der Waals surface area contributed by atoms with Crippen molar-refractivity contribution in [2.45, 2.75) is 32.8 Å². The Labute approximate surface area is 129 Å². The van der Waals surface area contributed by atoms with Gasteiger partial charge in [-0.3, -0.25) is 0 Å². The molecule has 1 aromatic carbocycles. The molecular formula is C14H19Cl2NO3. The van der Waals surface area contributed by atoms with Crippen molar-refractivity contribution in [2.75, 3.05) is 13.2 Å². The van der Waals surface area contributed by atoms with Crippen LogP contribution in [0.4, 0.5) is 4.79 Å². The van der Waals surface area contributed by atoms with Crippen LogP contribution in [-0.2, 0) is 4.74 Å². The number of rotatable bonds is 5. The van der Waals surface area contributed by atoms with Crippen molar-refractivity contribution in [3.8, 4) is 5.75 Å². The molecule has 0 spiro atoms. The molecule has 0 aliphatic carbocycles. The molecule has 0 unspecified atom stereocenters. The second-order valence-corrected chi connectivity index (χ2v) is 6.05. The van der Waals surface area contributed by atoms with Crippen molar-refractivity contribution in [1.82, 2.24) is 5.32 Å². The Bertz CT molecular complexity index is 458. The molecule has 0 aromatic heterocycles. The van der Waals surface area contributed by atoms with Crippen LogP contribution in [0.3, 0.4) is 0 Å². The quantitative estimate of drug-likeness (QED) is 0.824. The summed E-state index contributed by atoms with van der Waals surface area (Å²) < 4.78 is 10.6. The molecule has 0 heterocycles. The van der Waals surface area contributed by atoms with Gasteiger partial charge in [-0.05, 0) is 45.4 Å². The van der Waals surface area contributed by atoms with Gasteiger partial charge in [-0.1, -0.05) is 23.2 Å². The minimum absolute atomic E-state index is 0.429. The van der Waals surface area contributed by atoms with Crippen molar-refractivity contribution < 1.29 is 14.3 Å². The maximum absolute atomic E-state index is 11.4. The Kier molecular flexibility index (Phi) is 6.43. The summed E-state index contributed by atoms with van der Waals surface area (Å²) in [6.45, 7) is 6.37. The highest BCUT2D eigenvalue weighted by Crippen LogP contribution is 2.27. The maximum atomic E-state index is 11.4. The van der Waals surface area contributed by atoms with Crippen molar-refractivity contribution in [3.05, 3.63) is 28.2 Å². The van der Waals surface area contributed by atoms with Crippen LogP contribution in [0, 0.1) is 0 Å². The number of nitrogens with one attached hydrogen (secondary N) is 1. The summed E-state index contributed by atoms with van der Waals surface area (Å²) in [7, 11) is 0. The predicted molar refractivity (Wildman–Crippen MR) is 80.8 cm³/mol. The molecule has 0 fully saturated rings. The van der Waals surface area contributed by atoms with Gasteiger partial charge in [-0.25, -0.2) is 4.79 Å². The molecule has 0 radical (unpaired) electrons. The second kappa shape index (κ2) is 7.60. The normalized spacial score (nSPS) is 11.1. The van der Waals surface area contributed by atoms with Crippen LogP contribution in [-0.4, -0.2) is 24.8 Å². The topological polar surface area (TPSA) is 47.6 Å². The lowest BCUT2D eigenvalue weighted by Crippen LogP contribution is -2.33. The molecule has 0 bridgehead atoms. The van der Waals surface area contributed by atoms with Crippen molar-refractivity contribution in [2.24, 2.45) is 0 Å². The number of amides is 1. The first-order chi connectivity index (χ1) is 9.28. The number of halogens is 2. The zero-order valence-electron chi connectivity index (χ0n) is 11.8. The van der Waals surface area contributed by atoms with Crippen LogP contribution < -0.4 is 10.1 Å². The third-order valence-electron chi connectivity index (χ3n) is 2.14. The molecule has 0 aliphatic rings. The van der Waals surface area contributed by atoms with Crippen LogP contribution >= 0.6 is 23.2 Å². The molecule has 1 rings (SSSR count). The standard InChI is InChI=1S/C14H19Cl2NO3/c1-14(2,3)20-13(18)17-7-4-8-19-12-6-5-10(15)9-11(12)16/h5-6,9H,4,7-8H2,1-3H3,(H,17,18). The van der Waals surface area contributed by atoms with Gasteiger partial charge in [0.25, 0.3) is 0 Å². The summed E-state index contributed by atoms with van der Waals surface area (Å²) in [5, 5.41) is 3.69. The Morgan fingerprint density at radius 1 is 1.30 bits per heavy atom. The number of carbonyl (C=O) groups excluding carboxylic acids is 1. The Balaban J connectivity index is 2.21. The van der Waals surface area contributed by atoms with E-state index in [0.717, 1.165) is 0 Å². The predicted octanol–water partition coefficient (Wildman–Crippen LogP) is 4.29. The summed E-state index contributed by atoms with van der Waals surface area (Å²) in [6.07, 6.45) is 0.222. The minimum Gasteiger partial charge on any atom is -0.492 e. The summed E-state index contributed by atoms with van der Waals surface area (Å²) in [6, 6.07) is 5.05. The van der Waals surface area contributed by atoms with E-state index in [1.807, 2.05) is 20.8 Å². The fourth-order valence-corrected chi connectivity index (χ4v) is 1.81. The Morgan fingerprint density at radius 3 is 2.60 bits per heavy atom. The Hall–Kier alpha value is -1.13. The summed E-state index contributed by atoms with van der Waals surface area (Å²) in [4.78, 5) is 11.4. The number of hydrogen-bond donors (Lipinski definition) is 1. The average Bonchev–Trinajstić information content (AvgIpc) is 2.28. The SMILES string of the molecule is CC(C)(C)OC(=O)NCCCOc1ccc(Cl)cc1Cl. The zero-order chi connectivity index (χ0) is 15.2. The summed E-state index contributed by atoms with van der Waals surface area (Å²) in [5.41, 5.74) is -0.489. The zero-order valence-corrected chi connectivity index (χ0v) is 13.3. The van der Waals surface area contributed by atoms with E-state index in [9.17, 15) is 4.79 Å². The van der Waals surface area contributed by atoms with Crippen molar-refractivity contribution >= 4 is 29.3 Å². The molecule has 1 N–H and O–H groups in total. The van der Waals surface area contributed by atoms with E-state index in [1.54, 1.807) is 18.2 Å². The lowest BCUT2D eigenvalue weighted by atomic mass is 10.2. The number of benzene rings is 1. The van der Waals surface area contributed by atoms with Crippen LogP contribution in [0.25, 0.3) is 0 Å². The van der Waals surface area contributed by atoms with E-state index in [0.29, 0.717) is 35.4 Å². The Morgan fingerprint density at radius 2 is 2.00 bits per heavy atom. The molecule has 0 saturated carbocycles. The first-order valence-electron chi connectivity index (χ1n) is 6.32. The minimum atomic E-state index is -0.489. The first kappa shape index (κ1) is 16.9. The van der Waals surface area contributed by atoms with E-state index in [-0.39, 0.29) is 0 Å². The van der Waals surface area contributed by atoms with E-state index in [1.165, 1.54) is 0 Å². The van der Waals surface area contributed by atoms with Gasteiger partial charge < -0.3 is 14.8 Å². The van der Waals surface area contributed by atoms with E-state index < -0.39 is 11.7 Å². The lowest BCUT2D eigenvalue weighted by Gasteiger charge is -2.19. The smallest absolute Gasteiger partial charge is 0.407 e. The number of carbonyl (C=O) groups is 1. The molecular weight excluding hydrogens is 301 g/mol. The van der Waals surface area contributed by atoms with Gasteiger partial charge in [0, 0.05) is 11.6 Å². The fourth-order valence-electron chi connectivity index (χ4n) is 1.35. The van der Waals surface area contributed by atoms with Crippen molar-refractivity contribution in [3.63, 3.8) is 0 Å². The fraction of sp³-hybridized carbons (Fsp3) is 0.500. The molecule has 1 amide bonds. The number of ether oxygens (including phenoxy) is 2. The van der Waals surface area contributed by atoms with E-state index in [2.05, 4.69) is 5.32 Å². The lowest BCUT2D eigenvalue weighted by molar-refractivity contribution is 0.0525. The molecule has 20 heavy (non-hydrogen) atoms. The van der Waals surface area contributed by atoms with Crippen LogP contribution in [0.1, 0.15) is 27.2 Å². The third-order valence-corrected chi connectivity index (χ3v) is 2.67. The molecule has 1 aromatic rings. The van der Waals surface area contributed by atoms with Crippen LogP contribution in [0.15, 0.2) is 18.2 Å². The van der Waals surface area contributed by atoms with Crippen LogP contribution in [0.5, 0.6) is 5.75 Å². The summed E-state index contributed by atoms with van der Waals surface area (Å²) >= 11 is 11.8. The molecule has 112 valence electrons. The van der Waals surface area contributed by atoms with Gasteiger partial charge in [0.15, 0.2) is 0 Å². The largest absolute Gasteiger partial charge is 0.492 e.